The van der Waals surface area contributed by atoms with Gasteiger partial charge in [-0.3, -0.25) is 4.79 Å². The number of nitrogens with one attached hydrogen (secondary N) is 1. The molecule has 2 unspecified atom stereocenters. The molecule has 1 amide bonds. The zero-order valence-corrected chi connectivity index (χ0v) is 11.5. The molecule has 4 N–H and O–H groups in total. The highest BCUT2D eigenvalue weighted by molar-refractivity contribution is 6.06. The lowest BCUT2D eigenvalue weighted by molar-refractivity contribution is -0.127. The number of hydrogen-bond acceptors (Lipinski definition) is 4. The van der Waals surface area contributed by atoms with E-state index in [1.807, 2.05) is 24.6 Å². The van der Waals surface area contributed by atoms with E-state index in [1.165, 1.54) is 0 Å². The van der Waals surface area contributed by atoms with Gasteiger partial charge in [-0.1, -0.05) is 12.1 Å². The van der Waals surface area contributed by atoms with Gasteiger partial charge in [0.2, 0.25) is 5.91 Å². The van der Waals surface area contributed by atoms with Crippen molar-refractivity contribution in [3.8, 4) is 0 Å². The predicted molar refractivity (Wildman–Crippen MR) is 71.6 cm³/mol. The van der Waals surface area contributed by atoms with Crippen molar-refractivity contribution in [3.05, 3.63) is 18.7 Å². The van der Waals surface area contributed by atoms with Crippen LogP contribution in [0, 0.1) is 5.41 Å². The lowest BCUT2D eigenvalue weighted by atomic mass is 9.85. The molecule has 0 fully saturated rings. The van der Waals surface area contributed by atoms with Crippen LogP contribution < -0.4 is 11.1 Å². The molecule has 7 heteroatoms. The number of carbonyl (C=O) groups is 1. The van der Waals surface area contributed by atoms with E-state index in [0.717, 1.165) is 0 Å². The molecule has 1 heterocycles. The molecule has 2 atom stereocenters. The van der Waals surface area contributed by atoms with Crippen molar-refractivity contribution in [1.29, 1.82) is 0 Å². The van der Waals surface area contributed by atoms with Crippen LogP contribution in [0.15, 0.2) is 23.9 Å². The van der Waals surface area contributed by atoms with Crippen molar-refractivity contribution in [1.82, 2.24) is 14.9 Å². The Kier molecular flexibility index (Phi) is 4.91. The summed E-state index contributed by atoms with van der Waals surface area (Å²) in [5.41, 5.74) is 4.60. The molecular formula is C12H21N5O2. The summed E-state index contributed by atoms with van der Waals surface area (Å²) in [6.45, 7) is 5.97. The first kappa shape index (κ1) is 15.0. The fraction of sp³-hybridized carbons (Fsp3) is 0.583. The number of rotatable bonds is 6. The zero-order valence-electron chi connectivity index (χ0n) is 11.5. The van der Waals surface area contributed by atoms with Gasteiger partial charge >= 0.3 is 0 Å². The van der Waals surface area contributed by atoms with Crippen molar-refractivity contribution >= 4 is 11.7 Å². The van der Waals surface area contributed by atoms with Crippen LogP contribution in [0.4, 0.5) is 0 Å². The van der Waals surface area contributed by atoms with Crippen molar-refractivity contribution in [2.75, 3.05) is 0 Å². The van der Waals surface area contributed by atoms with Crippen LogP contribution in [0.1, 0.15) is 27.2 Å². The summed E-state index contributed by atoms with van der Waals surface area (Å²) in [4.78, 5) is 16.2. The minimum atomic E-state index is -1.00. The fourth-order valence-corrected chi connectivity index (χ4v) is 1.71. The monoisotopic (exact) mass is 267 g/mol. The van der Waals surface area contributed by atoms with E-state index in [9.17, 15) is 4.79 Å². The van der Waals surface area contributed by atoms with Gasteiger partial charge in [-0.15, -0.1) is 0 Å². The normalized spacial score (nSPS) is 16.7. The molecule has 19 heavy (non-hydrogen) atoms. The Hall–Kier alpha value is -2.05. The molecule has 0 spiro atoms. The molecule has 0 saturated carbocycles. The van der Waals surface area contributed by atoms with E-state index in [1.54, 1.807) is 19.4 Å². The number of nitrogens with zero attached hydrogens (tertiary/aromatic N) is 3. The summed E-state index contributed by atoms with van der Waals surface area (Å²) in [7, 11) is 0. The molecule has 0 radical (unpaired) electrons. The second-order valence-corrected chi connectivity index (χ2v) is 4.80. The van der Waals surface area contributed by atoms with E-state index in [0.29, 0.717) is 13.0 Å². The van der Waals surface area contributed by atoms with Gasteiger partial charge in [0.05, 0.1) is 6.33 Å². The summed E-state index contributed by atoms with van der Waals surface area (Å²) >= 11 is 0. The zero-order chi connectivity index (χ0) is 14.5. The third kappa shape index (κ3) is 3.46. The molecule has 1 rings (SSSR count). The molecule has 0 aliphatic heterocycles. The Bertz CT molecular complexity index is 443. The topological polar surface area (TPSA) is 106 Å². The third-order valence-electron chi connectivity index (χ3n) is 3.30. The number of aromatic nitrogens is 2. The Morgan fingerprint density at radius 2 is 2.37 bits per heavy atom. The van der Waals surface area contributed by atoms with Crippen molar-refractivity contribution < 1.29 is 10.0 Å². The van der Waals surface area contributed by atoms with Gasteiger partial charge < -0.3 is 20.8 Å². The van der Waals surface area contributed by atoms with Crippen LogP contribution in [0.25, 0.3) is 0 Å². The van der Waals surface area contributed by atoms with Gasteiger partial charge in [-0.25, -0.2) is 4.98 Å². The SMILES string of the molecule is CCC(C)(C(=O)NC(C)Cn1ccnc1)/C(N)=N/O. The third-order valence-corrected chi connectivity index (χ3v) is 3.30. The summed E-state index contributed by atoms with van der Waals surface area (Å²) in [5.74, 6) is -0.333. The van der Waals surface area contributed by atoms with Gasteiger partial charge in [0, 0.05) is 25.0 Å². The van der Waals surface area contributed by atoms with E-state index in [4.69, 9.17) is 10.9 Å². The molecular weight excluding hydrogens is 246 g/mol. The Balaban J connectivity index is 2.67. The molecule has 0 saturated heterocycles. The van der Waals surface area contributed by atoms with Crippen LogP contribution in [0.5, 0.6) is 0 Å². The number of carbonyl (C=O) groups excluding carboxylic acids is 1. The molecule has 7 nitrogen and oxygen atoms in total. The summed E-state index contributed by atoms with van der Waals surface area (Å²) in [5, 5.41) is 14.6. The maximum absolute atomic E-state index is 12.2. The number of nitrogens with two attached hydrogens (primary N) is 1. The Morgan fingerprint density at radius 3 is 2.84 bits per heavy atom. The molecule has 0 aromatic carbocycles. The molecule has 106 valence electrons. The second-order valence-electron chi connectivity index (χ2n) is 4.80. The van der Waals surface area contributed by atoms with Gasteiger partial charge in [0.15, 0.2) is 5.84 Å². The first-order valence-corrected chi connectivity index (χ1v) is 6.18. The van der Waals surface area contributed by atoms with Crippen LogP contribution in [-0.2, 0) is 11.3 Å². The van der Waals surface area contributed by atoms with Gasteiger partial charge in [0.1, 0.15) is 5.41 Å². The maximum atomic E-state index is 12.2. The molecule has 1 aromatic heterocycles. The number of oxime groups is 1. The molecule has 0 aliphatic carbocycles. The van der Waals surface area contributed by atoms with E-state index >= 15 is 0 Å². The Labute approximate surface area is 112 Å². The van der Waals surface area contributed by atoms with Gasteiger partial charge in [-0.2, -0.15) is 0 Å². The predicted octanol–water partition coefficient (Wildman–Crippen LogP) is 0.551. The Morgan fingerprint density at radius 1 is 1.68 bits per heavy atom. The lowest BCUT2D eigenvalue weighted by Crippen LogP contribution is -2.50. The van der Waals surface area contributed by atoms with Crippen molar-refractivity contribution in [2.45, 2.75) is 39.8 Å². The van der Waals surface area contributed by atoms with E-state index in [-0.39, 0.29) is 17.8 Å². The average Bonchev–Trinajstić information content (AvgIpc) is 2.89. The quantitative estimate of drug-likeness (QED) is 0.303. The van der Waals surface area contributed by atoms with Crippen LogP contribution in [0.2, 0.25) is 0 Å². The molecule has 0 aliphatic rings. The highest BCUT2D eigenvalue weighted by Crippen LogP contribution is 2.21. The second kappa shape index (κ2) is 6.21. The van der Waals surface area contributed by atoms with Crippen molar-refractivity contribution in [3.63, 3.8) is 0 Å². The van der Waals surface area contributed by atoms with Crippen LogP contribution in [-0.4, -0.2) is 32.5 Å². The number of hydrogen-bond donors (Lipinski definition) is 3. The minimum absolute atomic E-state index is 0.0812. The molecule has 1 aromatic rings. The highest BCUT2D eigenvalue weighted by atomic mass is 16.4. The summed E-state index contributed by atoms with van der Waals surface area (Å²) < 4.78 is 1.87. The first-order chi connectivity index (χ1) is 8.93. The first-order valence-electron chi connectivity index (χ1n) is 6.18. The standard InChI is InChI=1S/C12H21N5O2/c1-4-12(3,10(13)16-19)11(18)15-9(2)7-17-6-5-14-8-17/h5-6,8-9,19H,4,7H2,1-3H3,(H2,13,16)(H,15,18). The number of imidazole rings is 1. The smallest absolute Gasteiger partial charge is 0.233 e. The summed E-state index contributed by atoms with van der Waals surface area (Å²) in [6.07, 6.45) is 5.64. The van der Waals surface area contributed by atoms with Crippen LogP contribution in [0.3, 0.4) is 0 Å². The fourth-order valence-electron chi connectivity index (χ4n) is 1.71. The van der Waals surface area contributed by atoms with Gasteiger partial charge in [-0.05, 0) is 20.3 Å². The van der Waals surface area contributed by atoms with Crippen molar-refractivity contribution in [2.24, 2.45) is 16.3 Å². The average molecular weight is 267 g/mol. The van der Waals surface area contributed by atoms with E-state index < -0.39 is 5.41 Å². The molecule has 0 bridgehead atoms. The lowest BCUT2D eigenvalue weighted by Gasteiger charge is -2.27. The highest BCUT2D eigenvalue weighted by Gasteiger charge is 2.36. The van der Waals surface area contributed by atoms with Crippen LogP contribution >= 0.6 is 0 Å². The summed E-state index contributed by atoms with van der Waals surface area (Å²) in [6, 6.07) is -0.0842. The van der Waals surface area contributed by atoms with E-state index in [2.05, 4.69) is 15.5 Å². The largest absolute Gasteiger partial charge is 0.409 e. The minimum Gasteiger partial charge on any atom is -0.409 e. The maximum Gasteiger partial charge on any atom is 0.233 e. The number of amidine groups is 1. The number of amides is 1. The van der Waals surface area contributed by atoms with Gasteiger partial charge in [0.25, 0.3) is 0 Å².